The van der Waals surface area contributed by atoms with Crippen molar-refractivity contribution >= 4 is 34.4 Å². The highest BCUT2D eigenvalue weighted by Crippen LogP contribution is 2.29. The van der Waals surface area contributed by atoms with Crippen molar-refractivity contribution in [3.05, 3.63) is 39.5 Å². The first-order valence-corrected chi connectivity index (χ1v) is 12.8. The van der Waals surface area contributed by atoms with Gasteiger partial charge in [-0.05, 0) is 40.8 Å². The van der Waals surface area contributed by atoms with Gasteiger partial charge in [-0.1, -0.05) is 12.1 Å². The molecule has 35 heavy (non-hydrogen) atoms. The van der Waals surface area contributed by atoms with E-state index >= 15 is 0 Å². The average Bonchev–Trinajstić information content (AvgIpc) is 2.86. The number of nitrogens with zero attached hydrogens (tertiary/aromatic N) is 2. The van der Waals surface area contributed by atoms with Crippen molar-refractivity contribution in [3.63, 3.8) is 0 Å². The van der Waals surface area contributed by atoms with Crippen LogP contribution < -0.4 is 10.1 Å². The van der Waals surface area contributed by atoms with Crippen LogP contribution in [0.4, 0.5) is 0 Å². The highest BCUT2D eigenvalue weighted by atomic mass is 127. The zero-order valence-electron chi connectivity index (χ0n) is 19.9. The summed E-state index contributed by atoms with van der Waals surface area (Å²) in [6.07, 6.45) is -0.146. The van der Waals surface area contributed by atoms with Gasteiger partial charge in [0.1, 0.15) is 24.6 Å². The van der Waals surface area contributed by atoms with E-state index in [1.807, 2.05) is 18.2 Å². The minimum Gasteiger partial charge on any atom is -0.482 e. The molecule has 0 unspecified atom stereocenters. The predicted molar refractivity (Wildman–Crippen MR) is 137 cm³/mol. The van der Waals surface area contributed by atoms with Crippen LogP contribution >= 0.6 is 22.6 Å². The Bertz CT molecular complexity index is 878. The van der Waals surface area contributed by atoms with Gasteiger partial charge in [0.2, 0.25) is 11.8 Å². The Morgan fingerprint density at radius 3 is 2.71 bits per heavy atom. The molecule has 1 aromatic rings. The number of ether oxygens (including phenoxy) is 3. The molecule has 1 saturated heterocycles. The van der Waals surface area contributed by atoms with Crippen LogP contribution in [0.2, 0.25) is 0 Å². The number of nitrogens with one attached hydrogen (secondary N) is 1. The number of aliphatic hydroxyl groups is 2. The lowest BCUT2D eigenvalue weighted by Gasteiger charge is -2.41. The molecule has 0 aromatic heterocycles. The van der Waals surface area contributed by atoms with Crippen LogP contribution in [0, 0.1) is 3.57 Å². The zero-order valence-corrected chi connectivity index (χ0v) is 22.1. The van der Waals surface area contributed by atoms with Gasteiger partial charge in [0.05, 0.1) is 29.4 Å². The normalized spacial score (nSPS) is 22.9. The number of morpholine rings is 1. The number of carbonyl (C=O) groups is 2. The molecule has 0 radical (unpaired) electrons. The van der Waals surface area contributed by atoms with Gasteiger partial charge in [-0.3, -0.25) is 14.5 Å². The lowest BCUT2D eigenvalue weighted by Crippen LogP contribution is -2.57. The molecular weight excluding hydrogens is 569 g/mol. The summed E-state index contributed by atoms with van der Waals surface area (Å²) >= 11 is 2.15. The number of amides is 2. The number of methoxy groups -OCH3 is 1. The molecule has 1 aromatic carbocycles. The van der Waals surface area contributed by atoms with Crippen LogP contribution in [0.15, 0.2) is 35.9 Å². The van der Waals surface area contributed by atoms with Gasteiger partial charge in [-0.2, -0.15) is 0 Å². The van der Waals surface area contributed by atoms with Gasteiger partial charge in [-0.25, -0.2) is 0 Å². The summed E-state index contributed by atoms with van der Waals surface area (Å²) in [4.78, 5) is 29.7. The molecule has 0 saturated carbocycles. The summed E-state index contributed by atoms with van der Waals surface area (Å²) in [5.41, 5.74) is 0.395. The summed E-state index contributed by atoms with van der Waals surface area (Å²) in [6, 6.07) is 6.71. The van der Waals surface area contributed by atoms with Crippen LogP contribution in [-0.4, -0.2) is 116 Å². The predicted octanol–water partition coefficient (Wildman–Crippen LogP) is 0.0139. The molecule has 1 aliphatic heterocycles. The molecule has 11 heteroatoms. The minimum atomic E-state index is -1.06. The fraction of sp³-hybridized carbons (Fsp3) is 0.583. The number of halogens is 1. The summed E-state index contributed by atoms with van der Waals surface area (Å²) in [7, 11) is 1.45. The smallest absolute Gasteiger partial charge is 0.248 e. The maximum absolute atomic E-state index is 13.1. The zero-order chi connectivity index (χ0) is 25.2. The molecule has 10 nitrogen and oxygen atoms in total. The maximum Gasteiger partial charge on any atom is 0.248 e. The van der Waals surface area contributed by atoms with E-state index in [4.69, 9.17) is 19.3 Å². The van der Waals surface area contributed by atoms with Crippen molar-refractivity contribution in [1.82, 2.24) is 15.1 Å². The first kappa shape index (κ1) is 27.8. The van der Waals surface area contributed by atoms with Crippen molar-refractivity contribution in [1.29, 1.82) is 0 Å². The van der Waals surface area contributed by atoms with Crippen LogP contribution in [0.3, 0.4) is 0 Å². The number of hydrogen-bond donors (Lipinski definition) is 3. The highest BCUT2D eigenvalue weighted by molar-refractivity contribution is 14.1. The number of rotatable bonds is 11. The van der Waals surface area contributed by atoms with Crippen molar-refractivity contribution in [2.45, 2.75) is 24.7 Å². The molecule has 3 N–H and O–H groups in total. The number of aliphatic hydroxyl groups excluding tert-OH is 2. The molecule has 1 heterocycles. The van der Waals surface area contributed by atoms with E-state index < -0.39 is 18.2 Å². The van der Waals surface area contributed by atoms with Crippen molar-refractivity contribution in [2.24, 2.45) is 0 Å². The molecule has 0 bridgehead atoms. The SMILES string of the molecule is COCC(=O)N(CCN1CCOCC1)[C@@H]1CC(C(=O)NCCO)=C[C@H](Oc2ccccc2I)[C@H]1O. The van der Waals surface area contributed by atoms with E-state index in [-0.39, 0.29) is 38.0 Å². The van der Waals surface area contributed by atoms with Crippen molar-refractivity contribution < 1.29 is 34.0 Å². The Hall–Kier alpha value is -1.77. The summed E-state index contributed by atoms with van der Waals surface area (Å²) in [5.74, 6) is -0.0539. The fourth-order valence-corrected chi connectivity index (χ4v) is 4.74. The molecule has 3 atom stereocenters. The van der Waals surface area contributed by atoms with Gasteiger partial charge < -0.3 is 34.6 Å². The average molecular weight is 603 g/mol. The van der Waals surface area contributed by atoms with Crippen LogP contribution in [-0.2, 0) is 19.1 Å². The third kappa shape index (κ3) is 7.86. The summed E-state index contributed by atoms with van der Waals surface area (Å²) in [6.45, 7) is 3.58. The van der Waals surface area contributed by atoms with Gasteiger partial charge in [0.15, 0.2) is 0 Å². The van der Waals surface area contributed by atoms with Crippen LogP contribution in [0.1, 0.15) is 6.42 Å². The Labute approximate surface area is 219 Å². The monoisotopic (exact) mass is 603 g/mol. The molecule has 1 aliphatic carbocycles. The number of benzene rings is 1. The topological polar surface area (TPSA) is 121 Å². The number of para-hydroxylation sites is 1. The summed E-state index contributed by atoms with van der Waals surface area (Å²) in [5, 5.41) is 23.2. The highest BCUT2D eigenvalue weighted by Gasteiger charge is 2.40. The number of carbonyl (C=O) groups excluding carboxylic acids is 2. The molecule has 1 fully saturated rings. The quantitative estimate of drug-likeness (QED) is 0.303. The van der Waals surface area contributed by atoms with Gasteiger partial charge in [0, 0.05) is 51.8 Å². The Balaban J connectivity index is 1.86. The van der Waals surface area contributed by atoms with E-state index in [0.717, 1.165) is 16.7 Å². The fourth-order valence-electron chi connectivity index (χ4n) is 4.22. The third-order valence-electron chi connectivity index (χ3n) is 6.06. The Kier molecular flexibility index (Phi) is 11.2. The van der Waals surface area contributed by atoms with Crippen molar-refractivity contribution in [3.8, 4) is 5.75 Å². The molecular formula is C24H34IN3O7. The van der Waals surface area contributed by atoms with E-state index in [2.05, 4.69) is 32.8 Å². The second kappa shape index (κ2) is 14.1. The largest absolute Gasteiger partial charge is 0.482 e. The van der Waals surface area contributed by atoms with E-state index in [9.17, 15) is 14.7 Å². The third-order valence-corrected chi connectivity index (χ3v) is 6.95. The molecule has 0 spiro atoms. The molecule has 2 amide bonds. The van der Waals surface area contributed by atoms with Gasteiger partial charge >= 0.3 is 0 Å². The van der Waals surface area contributed by atoms with Gasteiger partial charge in [-0.15, -0.1) is 0 Å². The minimum absolute atomic E-state index is 0.106. The van der Waals surface area contributed by atoms with Crippen LogP contribution in [0.25, 0.3) is 0 Å². The van der Waals surface area contributed by atoms with Gasteiger partial charge in [0.25, 0.3) is 0 Å². The maximum atomic E-state index is 13.1. The standard InChI is InChI=1S/C24H34IN3O7/c1-33-16-22(30)28(8-7-27-9-12-34-13-10-27)19-14-17(24(32)26-6-11-29)15-21(23(19)31)35-20-5-3-2-4-18(20)25/h2-5,15,19,21,23,29,31H,6-14,16H2,1H3,(H,26,32)/t19-,21+,23+/m1/s1. The molecule has 2 aliphatic rings. The second-order valence-electron chi connectivity index (χ2n) is 8.42. The number of hydrogen-bond acceptors (Lipinski definition) is 8. The Morgan fingerprint density at radius 2 is 2.03 bits per heavy atom. The Morgan fingerprint density at radius 1 is 1.29 bits per heavy atom. The van der Waals surface area contributed by atoms with E-state index in [0.29, 0.717) is 37.6 Å². The molecule has 3 rings (SSSR count). The van der Waals surface area contributed by atoms with Crippen molar-refractivity contribution in [2.75, 3.05) is 66.3 Å². The first-order valence-electron chi connectivity index (χ1n) is 11.7. The van der Waals surface area contributed by atoms with Crippen LogP contribution in [0.5, 0.6) is 5.75 Å². The van der Waals surface area contributed by atoms with E-state index in [1.165, 1.54) is 7.11 Å². The van der Waals surface area contributed by atoms with E-state index in [1.54, 1.807) is 17.0 Å². The molecule has 194 valence electrons. The second-order valence-corrected chi connectivity index (χ2v) is 9.58. The summed E-state index contributed by atoms with van der Waals surface area (Å²) < 4.78 is 17.5. The lowest BCUT2D eigenvalue weighted by molar-refractivity contribution is -0.142. The lowest BCUT2D eigenvalue weighted by atomic mass is 9.88. The first-order chi connectivity index (χ1) is 16.9.